The summed E-state index contributed by atoms with van der Waals surface area (Å²) in [6, 6.07) is 18.1. The minimum Gasteiger partial charge on any atom is -0.487 e. The molecule has 24 heavy (non-hydrogen) atoms. The maximum absolute atomic E-state index is 8.96. The van der Waals surface area contributed by atoms with Gasteiger partial charge in [-0.1, -0.05) is 30.3 Å². The van der Waals surface area contributed by atoms with Gasteiger partial charge < -0.3 is 9.84 Å². The number of rotatable bonds is 6. The zero-order valence-electron chi connectivity index (χ0n) is 14.1. The predicted molar refractivity (Wildman–Crippen MR) is 94.6 cm³/mol. The van der Waals surface area contributed by atoms with Gasteiger partial charge >= 0.3 is 0 Å². The van der Waals surface area contributed by atoms with Gasteiger partial charge in [0, 0.05) is 6.61 Å². The third-order valence-corrected chi connectivity index (χ3v) is 3.96. The number of aliphatic hydroxyl groups excluding tert-OH is 1. The Balaban J connectivity index is 1.77. The summed E-state index contributed by atoms with van der Waals surface area (Å²) in [6.45, 7) is 4.68. The molecule has 0 aliphatic rings. The largest absolute Gasteiger partial charge is 0.487 e. The van der Waals surface area contributed by atoms with E-state index in [2.05, 4.69) is 24.2 Å². The Hall–Kier alpha value is -2.59. The topological polar surface area (TPSA) is 47.3 Å². The summed E-state index contributed by atoms with van der Waals surface area (Å²) in [5, 5.41) is 13.6. The minimum absolute atomic E-state index is 0.162. The summed E-state index contributed by atoms with van der Waals surface area (Å²) in [6.07, 6.45) is 0.666. The first-order chi connectivity index (χ1) is 11.7. The smallest absolute Gasteiger partial charge is 0.130 e. The van der Waals surface area contributed by atoms with Gasteiger partial charge in [-0.25, -0.2) is 4.68 Å². The van der Waals surface area contributed by atoms with Crippen molar-refractivity contribution in [2.75, 3.05) is 6.61 Å². The molecule has 2 aromatic carbocycles. The van der Waals surface area contributed by atoms with Gasteiger partial charge in [-0.05, 0) is 55.7 Å². The van der Waals surface area contributed by atoms with Crippen molar-refractivity contribution in [3.63, 3.8) is 0 Å². The lowest BCUT2D eigenvalue weighted by Crippen LogP contribution is -2.07. The first-order valence-corrected chi connectivity index (χ1v) is 8.11. The highest BCUT2D eigenvalue weighted by Crippen LogP contribution is 2.19. The first kappa shape index (κ1) is 16.3. The Morgan fingerprint density at radius 1 is 1.04 bits per heavy atom. The molecule has 3 rings (SSSR count). The Bertz CT molecular complexity index is 807. The number of nitrogens with zero attached hydrogens (tertiary/aromatic N) is 2. The van der Waals surface area contributed by atoms with E-state index in [4.69, 9.17) is 9.84 Å². The van der Waals surface area contributed by atoms with E-state index in [1.807, 2.05) is 54.1 Å². The Morgan fingerprint density at radius 2 is 1.79 bits per heavy atom. The maximum atomic E-state index is 8.96. The van der Waals surface area contributed by atoms with Crippen molar-refractivity contribution in [2.24, 2.45) is 0 Å². The van der Waals surface area contributed by atoms with Crippen LogP contribution in [0.15, 0.2) is 54.6 Å². The molecule has 4 heteroatoms. The molecule has 0 amide bonds. The summed E-state index contributed by atoms with van der Waals surface area (Å²) in [5.41, 5.74) is 5.33. The Labute approximate surface area is 142 Å². The van der Waals surface area contributed by atoms with Crippen LogP contribution in [0.1, 0.15) is 22.5 Å². The van der Waals surface area contributed by atoms with Crippen LogP contribution in [-0.2, 0) is 13.0 Å². The molecule has 0 bridgehead atoms. The molecule has 0 saturated heterocycles. The molecular formula is C20H22N2O2. The number of aliphatic hydroxyl groups is 1. The summed E-state index contributed by atoms with van der Waals surface area (Å²) in [7, 11) is 0. The highest BCUT2D eigenvalue weighted by molar-refractivity contribution is 5.41. The Kier molecular flexibility index (Phi) is 4.96. The zero-order valence-corrected chi connectivity index (χ0v) is 14.1. The normalized spacial score (nSPS) is 10.8. The molecule has 1 heterocycles. The fourth-order valence-electron chi connectivity index (χ4n) is 2.70. The number of ether oxygens (including phenoxy) is 1. The second kappa shape index (κ2) is 7.32. The van der Waals surface area contributed by atoms with Crippen molar-refractivity contribution in [3.05, 3.63) is 77.1 Å². The van der Waals surface area contributed by atoms with Crippen LogP contribution < -0.4 is 4.74 Å². The van der Waals surface area contributed by atoms with E-state index in [1.165, 1.54) is 5.56 Å². The number of para-hydroxylation sites is 1. The monoisotopic (exact) mass is 322 g/mol. The van der Waals surface area contributed by atoms with Crippen LogP contribution in [0.5, 0.6) is 5.75 Å². The highest BCUT2D eigenvalue weighted by atomic mass is 16.5. The van der Waals surface area contributed by atoms with E-state index < -0.39 is 0 Å². The molecule has 0 aliphatic heterocycles. The fourth-order valence-corrected chi connectivity index (χ4v) is 2.70. The Morgan fingerprint density at radius 3 is 2.50 bits per heavy atom. The number of benzene rings is 2. The fraction of sp³-hybridized carbons (Fsp3) is 0.250. The van der Waals surface area contributed by atoms with Gasteiger partial charge in [0.15, 0.2) is 0 Å². The van der Waals surface area contributed by atoms with Crippen LogP contribution in [0.25, 0.3) is 5.69 Å². The summed E-state index contributed by atoms with van der Waals surface area (Å²) in [5.74, 6) is 0.812. The quantitative estimate of drug-likeness (QED) is 0.754. The number of aromatic nitrogens is 2. The third kappa shape index (κ3) is 3.66. The lowest BCUT2D eigenvalue weighted by Gasteiger charge is -2.11. The van der Waals surface area contributed by atoms with Gasteiger partial charge in [0.25, 0.3) is 0 Å². The van der Waals surface area contributed by atoms with Crippen molar-refractivity contribution in [1.82, 2.24) is 9.78 Å². The van der Waals surface area contributed by atoms with E-state index in [1.54, 1.807) is 0 Å². The van der Waals surface area contributed by atoms with E-state index >= 15 is 0 Å². The summed E-state index contributed by atoms with van der Waals surface area (Å²) >= 11 is 0. The lowest BCUT2D eigenvalue weighted by molar-refractivity contribution is 0.295. The van der Waals surface area contributed by atoms with Crippen molar-refractivity contribution >= 4 is 0 Å². The number of hydrogen-bond donors (Lipinski definition) is 1. The van der Waals surface area contributed by atoms with Crippen LogP contribution in [-0.4, -0.2) is 21.5 Å². The molecule has 4 nitrogen and oxygen atoms in total. The number of hydrogen-bond acceptors (Lipinski definition) is 3. The predicted octanol–water partition coefficient (Wildman–Crippen LogP) is 3.60. The van der Waals surface area contributed by atoms with Crippen LogP contribution in [0.2, 0.25) is 0 Å². The average Bonchev–Trinajstić information content (AvgIpc) is 2.95. The standard InChI is InChI=1S/C20H22N2O2/c1-15-5-3-4-6-20(15)22-18(13-16(2)21-22)14-24-19-9-7-17(8-10-19)11-12-23/h3-10,13,23H,11-12,14H2,1-2H3. The molecule has 1 N–H and O–H groups in total. The molecule has 1 aromatic heterocycles. The second-order valence-electron chi connectivity index (χ2n) is 5.88. The molecule has 0 saturated carbocycles. The molecule has 0 spiro atoms. The highest BCUT2D eigenvalue weighted by Gasteiger charge is 2.10. The van der Waals surface area contributed by atoms with Crippen LogP contribution in [0, 0.1) is 13.8 Å². The van der Waals surface area contributed by atoms with Crippen LogP contribution in [0.3, 0.4) is 0 Å². The van der Waals surface area contributed by atoms with E-state index in [9.17, 15) is 0 Å². The van der Waals surface area contributed by atoms with Gasteiger partial charge in [0.1, 0.15) is 12.4 Å². The molecule has 0 aliphatic carbocycles. The minimum atomic E-state index is 0.162. The molecule has 0 radical (unpaired) electrons. The van der Waals surface area contributed by atoms with Gasteiger partial charge in [0.2, 0.25) is 0 Å². The third-order valence-electron chi connectivity index (χ3n) is 3.96. The van der Waals surface area contributed by atoms with Crippen LogP contribution >= 0.6 is 0 Å². The van der Waals surface area contributed by atoms with Crippen molar-refractivity contribution in [1.29, 1.82) is 0 Å². The lowest BCUT2D eigenvalue weighted by atomic mass is 10.1. The van der Waals surface area contributed by atoms with Gasteiger partial charge in [-0.3, -0.25) is 0 Å². The summed E-state index contributed by atoms with van der Waals surface area (Å²) < 4.78 is 7.87. The van der Waals surface area contributed by atoms with E-state index in [0.29, 0.717) is 13.0 Å². The molecule has 124 valence electrons. The van der Waals surface area contributed by atoms with Gasteiger partial charge in [-0.2, -0.15) is 5.10 Å². The molecule has 0 unspecified atom stereocenters. The van der Waals surface area contributed by atoms with Crippen molar-refractivity contribution in [2.45, 2.75) is 26.9 Å². The van der Waals surface area contributed by atoms with Crippen molar-refractivity contribution in [3.8, 4) is 11.4 Å². The van der Waals surface area contributed by atoms with Crippen molar-refractivity contribution < 1.29 is 9.84 Å². The van der Waals surface area contributed by atoms with Gasteiger partial charge in [-0.15, -0.1) is 0 Å². The zero-order chi connectivity index (χ0) is 16.9. The average molecular weight is 322 g/mol. The van der Waals surface area contributed by atoms with E-state index in [-0.39, 0.29) is 6.61 Å². The van der Waals surface area contributed by atoms with E-state index in [0.717, 1.165) is 28.4 Å². The number of aryl methyl sites for hydroxylation is 2. The maximum Gasteiger partial charge on any atom is 0.130 e. The molecule has 0 fully saturated rings. The van der Waals surface area contributed by atoms with Gasteiger partial charge in [0.05, 0.1) is 17.1 Å². The summed E-state index contributed by atoms with van der Waals surface area (Å²) in [4.78, 5) is 0. The SMILES string of the molecule is Cc1cc(COc2ccc(CCO)cc2)n(-c2ccccc2C)n1. The first-order valence-electron chi connectivity index (χ1n) is 8.11. The molecular weight excluding hydrogens is 300 g/mol. The molecule has 3 aromatic rings. The molecule has 0 atom stereocenters. The second-order valence-corrected chi connectivity index (χ2v) is 5.88. The van der Waals surface area contributed by atoms with Crippen LogP contribution in [0.4, 0.5) is 0 Å².